The normalized spacial score (nSPS) is 20.4. The van der Waals surface area contributed by atoms with Gasteiger partial charge < -0.3 is 10.2 Å². The van der Waals surface area contributed by atoms with Gasteiger partial charge in [-0.3, -0.25) is 4.79 Å². The molecule has 154 valence electrons. The molecule has 1 saturated heterocycles. The van der Waals surface area contributed by atoms with Gasteiger partial charge in [0.2, 0.25) is 0 Å². The predicted molar refractivity (Wildman–Crippen MR) is 130 cm³/mol. The Balaban J connectivity index is 1.66. The number of benzene rings is 2. The van der Waals surface area contributed by atoms with Gasteiger partial charge in [-0.15, -0.1) is 0 Å². The molecule has 0 unspecified atom stereocenters. The van der Waals surface area contributed by atoms with Gasteiger partial charge in [0.15, 0.2) is 5.17 Å². The molecular formula is C24H24ClN3OS. The molecule has 0 saturated carbocycles. The van der Waals surface area contributed by atoms with Crippen molar-refractivity contribution in [1.29, 1.82) is 0 Å². The third-order valence-corrected chi connectivity index (χ3v) is 6.77. The maximum atomic E-state index is 12.5. The van der Waals surface area contributed by atoms with E-state index in [0.717, 1.165) is 22.5 Å². The number of hydrogen-bond acceptors (Lipinski definition) is 4. The van der Waals surface area contributed by atoms with Gasteiger partial charge in [-0.25, -0.2) is 4.99 Å². The van der Waals surface area contributed by atoms with E-state index in [1.807, 2.05) is 43.3 Å². The molecule has 4 nitrogen and oxygen atoms in total. The first-order valence-corrected chi connectivity index (χ1v) is 11.0. The number of amidine groups is 1. The van der Waals surface area contributed by atoms with E-state index in [4.69, 9.17) is 11.6 Å². The molecule has 0 bridgehead atoms. The van der Waals surface area contributed by atoms with E-state index in [0.29, 0.717) is 15.1 Å². The van der Waals surface area contributed by atoms with Crippen molar-refractivity contribution >= 4 is 57.5 Å². The van der Waals surface area contributed by atoms with Crippen molar-refractivity contribution in [3.63, 3.8) is 0 Å². The molecule has 4 rings (SSSR count). The molecule has 2 aromatic rings. The van der Waals surface area contributed by atoms with Crippen molar-refractivity contribution in [3.8, 4) is 0 Å². The lowest BCUT2D eigenvalue weighted by molar-refractivity contribution is -0.115. The van der Waals surface area contributed by atoms with Gasteiger partial charge in [0.1, 0.15) is 0 Å². The number of aliphatic imine (C=N–C) groups is 1. The highest BCUT2D eigenvalue weighted by Crippen LogP contribution is 2.41. The highest BCUT2D eigenvalue weighted by Gasteiger charge is 2.30. The van der Waals surface area contributed by atoms with Crippen LogP contribution in [0.3, 0.4) is 0 Å². The molecule has 2 aromatic carbocycles. The fourth-order valence-corrected chi connectivity index (χ4v) is 4.70. The number of anilines is 1. The molecule has 0 aromatic heterocycles. The number of rotatable bonds is 2. The van der Waals surface area contributed by atoms with Gasteiger partial charge in [-0.1, -0.05) is 35.4 Å². The zero-order valence-corrected chi connectivity index (χ0v) is 19.3. The maximum Gasteiger partial charge on any atom is 0.264 e. The van der Waals surface area contributed by atoms with Crippen LogP contribution in [0.15, 0.2) is 52.4 Å². The third kappa shape index (κ3) is 3.92. The van der Waals surface area contributed by atoms with E-state index < -0.39 is 0 Å². The number of aryl methyl sites for hydroxylation is 1. The maximum absolute atomic E-state index is 12.5. The van der Waals surface area contributed by atoms with Gasteiger partial charge in [-0.2, -0.15) is 0 Å². The van der Waals surface area contributed by atoms with Crippen LogP contribution >= 0.6 is 23.4 Å². The van der Waals surface area contributed by atoms with Gasteiger partial charge in [0.05, 0.1) is 16.1 Å². The number of nitrogens with zero attached hydrogens (tertiary/aromatic N) is 2. The first kappa shape index (κ1) is 20.8. The predicted octanol–water partition coefficient (Wildman–Crippen LogP) is 6.17. The molecular weight excluding hydrogens is 414 g/mol. The number of allylic oxidation sites excluding steroid dienone is 1. The lowest BCUT2D eigenvalue weighted by Gasteiger charge is -2.40. The Morgan fingerprint density at radius 2 is 1.87 bits per heavy atom. The summed E-state index contributed by atoms with van der Waals surface area (Å²) in [6.07, 6.45) is 4.09. The van der Waals surface area contributed by atoms with Crippen LogP contribution in [0.2, 0.25) is 5.02 Å². The molecule has 1 amide bonds. The second-order valence-corrected chi connectivity index (χ2v) is 9.69. The van der Waals surface area contributed by atoms with E-state index in [1.54, 1.807) is 0 Å². The molecule has 6 heteroatoms. The smallest absolute Gasteiger partial charge is 0.264 e. The van der Waals surface area contributed by atoms with E-state index in [9.17, 15) is 4.79 Å². The topological polar surface area (TPSA) is 44.7 Å². The highest BCUT2D eigenvalue weighted by molar-refractivity contribution is 8.18. The number of likely N-dealkylation sites (N-methyl/N-ethyl adjacent to an activating group) is 1. The Kier molecular flexibility index (Phi) is 5.28. The average molecular weight is 438 g/mol. The summed E-state index contributed by atoms with van der Waals surface area (Å²) < 4.78 is 0. The Hall–Kier alpha value is -2.50. The Morgan fingerprint density at radius 3 is 2.57 bits per heavy atom. The Labute approximate surface area is 186 Å². The van der Waals surface area contributed by atoms with E-state index in [2.05, 4.69) is 55.2 Å². The van der Waals surface area contributed by atoms with Crippen LogP contribution in [-0.2, 0) is 4.79 Å². The van der Waals surface area contributed by atoms with Crippen LogP contribution in [0, 0.1) is 6.92 Å². The van der Waals surface area contributed by atoms with E-state index in [1.165, 1.54) is 22.9 Å². The van der Waals surface area contributed by atoms with E-state index >= 15 is 0 Å². The molecule has 1 N–H and O–H groups in total. The first-order valence-electron chi connectivity index (χ1n) is 9.77. The molecule has 0 radical (unpaired) electrons. The van der Waals surface area contributed by atoms with Gasteiger partial charge in [0, 0.05) is 23.3 Å². The second-order valence-electron chi connectivity index (χ2n) is 8.25. The number of amides is 1. The van der Waals surface area contributed by atoms with Gasteiger partial charge in [0.25, 0.3) is 5.91 Å². The summed E-state index contributed by atoms with van der Waals surface area (Å²) in [5, 5.41) is 4.03. The zero-order valence-electron chi connectivity index (χ0n) is 17.7. The number of fused-ring (bicyclic) bond motifs is 1. The summed E-state index contributed by atoms with van der Waals surface area (Å²) in [7, 11) is 2.07. The van der Waals surface area contributed by atoms with Crippen molar-refractivity contribution in [1.82, 2.24) is 5.32 Å². The van der Waals surface area contributed by atoms with Crippen LogP contribution in [0.1, 0.15) is 37.5 Å². The van der Waals surface area contributed by atoms with Crippen LogP contribution in [0.25, 0.3) is 11.6 Å². The fraction of sp³-hybridized carbons (Fsp3) is 0.250. The monoisotopic (exact) mass is 437 g/mol. The number of carbonyl (C=O) groups is 1. The van der Waals surface area contributed by atoms with E-state index in [-0.39, 0.29) is 11.4 Å². The van der Waals surface area contributed by atoms with Crippen molar-refractivity contribution in [2.45, 2.75) is 33.2 Å². The Morgan fingerprint density at radius 1 is 1.17 bits per heavy atom. The van der Waals surface area contributed by atoms with Crippen molar-refractivity contribution in [2.75, 3.05) is 11.9 Å². The molecule has 0 atom stereocenters. The number of hydrogen-bond donors (Lipinski definition) is 1. The van der Waals surface area contributed by atoms with Crippen LogP contribution in [0.5, 0.6) is 0 Å². The summed E-state index contributed by atoms with van der Waals surface area (Å²) >= 11 is 7.94. The third-order valence-electron chi connectivity index (χ3n) is 5.54. The average Bonchev–Trinajstić information content (AvgIpc) is 3.01. The van der Waals surface area contributed by atoms with Crippen LogP contribution in [-0.4, -0.2) is 23.7 Å². The molecule has 30 heavy (non-hydrogen) atoms. The van der Waals surface area contributed by atoms with Crippen LogP contribution < -0.4 is 10.2 Å². The van der Waals surface area contributed by atoms with Gasteiger partial charge >= 0.3 is 0 Å². The van der Waals surface area contributed by atoms with Crippen molar-refractivity contribution < 1.29 is 4.79 Å². The summed E-state index contributed by atoms with van der Waals surface area (Å²) in [6, 6.07) is 11.9. The highest BCUT2D eigenvalue weighted by atomic mass is 35.5. The Bertz CT molecular complexity index is 1130. The standard InChI is InChI=1S/C24H24ClN3OS/c1-14-6-8-17(9-7-14)26-23-27-22(29)21(30-23)11-16-10-18-15(2)13-24(3,4)28(5)20(18)12-19(16)25/h6-13H,1-5H3,(H,26,27,29)/b21-11+. The minimum atomic E-state index is -0.162. The summed E-state index contributed by atoms with van der Waals surface area (Å²) in [5.74, 6) is -0.162. The first-order chi connectivity index (χ1) is 14.1. The minimum Gasteiger partial charge on any atom is -0.365 e. The number of carbonyl (C=O) groups excluding carboxylic acids is 1. The molecule has 0 aliphatic carbocycles. The van der Waals surface area contributed by atoms with Crippen LogP contribution in [0.4, 0.5) is 11.4 Å². The fourth-order valence-electron chi connectivity index (χ4n) is 3.66. The van der Waals surface area contributed by atoms with Crippen molar-refractivity contribution in [2.24, 2.45) is 4.99 Å². The summed E-state index contributed by atoms with van der Waals surface area (Å²) in [4.78, 5) is 19.8. The molecule has 2 aliphatic heterocycles. The van der Waals surface area contributed by atoms with Crippen molar-refractivity contribution in [3.05, 3.63) is 69.1 Å². The number of halogens is 1. The molecule has 2 aliphatic rings. The van der Waals surface area contributed by atoms with Gasteiger partial charge in [-0.05, 0) is 80.9 Å². The molecule has 0 spiro atoms. The lowest BCUT2D eigenvalue weighted by Crippen LogP contribution is -2.42. The number of nitrogens with one attached hydrogen (secondary N) is 1. The minimum absolute atomic E-state index is 0.0804. The largest absolute Gasteiger partial charge is 0.365 e. The molecule has 1 fully saturated rings. The quantitative estimate of drug-likeness (QED) is 0.571. The summed E-state index contributed by atoms with van der Waals surface area (Å²) in [6.45, 7) is 8.50. The zero-order chi connectivity index (χ0) is 21.6. The second kappa shape index (κ2) is 7.64. The summed E-state index contributed by atoms with van der Waals surface area (Å²) in [5.41, 5.74) is 6.15. The SMILES string of the molecule is CC1=CC(C)(C)N(C)c2cc(Cl)c(/C=C3/SC(=Nc4ccc(C)cc4)NC3=O)cc21. The number of thioether (sulfide) groups is 1. The molecule has 2 heterocycles. The lowest BCUT2D eigenvalue weighted by atomic mass is 9.88.